The van der Waals surface area contributed by atoms with Crippen molar-refractivity contribution in [1.82, 2.24) is 18.8 Å². The van der Waals surface area contributed by atoms with E-state index in [-0.39, 0.29) is 17.2 Å². The molecule has 0 unspecified atom stereocenters. The number of hydrogen-bond donors (Lipinski definition) is 2. The number of amides is 2. The molecular weight excluding hydrogens is 468 g/mol. The summed E-state index contributed by atoms with van der Waals surface area (Å²) < 4.78 is 29.3. The zero-order valence-electron chi connectivity index (χ0n) is 19.4. The number of piperazine rings is 1. The lowest BCUT2D eigenvalue weighted by Crippen LogP contribution is -2.47. The van der Waals surface area contributed by atoms with Gasteiger partial charge in [-0.1, -0.05) is 12.1 Å². The Bertz CT molecular complexity index is 1280. The summed E-state index contributed by atoms with van der Waals surface area (Å²) in [6.45, 7) is 2.70. The van der Waals surface area contributed by atoms with E-state index in [2.05, 4.69) is 20.5 Å². The third kappa shape index (κ3) is 6.32. The number of hydrogen-bond acceptors (Lipinski definition) is 6. The maximum atomic E-state index is 13.0. The SMILES string of the molecule is CN1CCN(S(=O)(=O)c2cccc(NC(=O)c3cccc(NC(=O)CCn4ccnc4)c3)c2)CC1. The van der Waals surface area contributed by atoms with E-state index >= 15 is 0 Å². The van der Waals surface area contributed by atoms with Crippen molar-refractivity contribution in [2.45, 2.75) is 17.9 Å². The molecule has 3 aromatic rings. The Balaban J connectivity index is 1.39. The predicted octanol–water partition coefficient (Wildman–Crippen LogP) is 2.10. The van der Waals surface area contributed by atoms with E-state index in [0.29, 0.717) is 49.7 Å². The van der Waals surface area contributed by atoms with Gasteiger partial charge >= 0.3 is 0 Å². The number of imidazole rings is 1. The fraction of sp³-hybridized carbons (Fsp3) is 0.292. The molecule has 184 valence electrons. The predicted molar refractivity (Wildman–Crippen MR) is 133 cm³/mol. The van der Waals surface area contributed by atoms with Gasteiger partial charge in [0.05, 0.1) is 11.2 Å². The van der Waals surface area contributed by atoms with E-state index in [4.69, 9.17) is 0 Å². The minimum atomic E-state index is -3.65. The number of nitrogens with one attached hydrogen (secondary N) is 2. The fourth-order valence-corrected chi connectivity index (χ4v) is 5.20. The second-order valence-corrected chi connectivity index (χ2v) is 10.3. The van der Waals surface area contributed by atoms with Crippen molar-refractivity contribution in [2.24, 2.45) is 0 Å². The van der Waals surface area contributed by atoms with Gasteiger partial charge in [-0.25, -0.2) is 13.4 Å². The summed E-state index contributed by atoms with van der Waals surface area (Å²) in [5.41, 5.74) is 1.21. The summed E-state index contributed by atoms with van der Waals surface area (Å²) in [6, 6.07) is 12.8. The van der Waals surface area contributed by atoms with Crippen LogP contribution in [-0.2, 0) is 21.4 Å². The van der Waals surface area contributed by atoms with Crippen molar-refractivity contribution < 1.29 is 18.0 Å². The maximum absolute atomic E-state index is 13.0. The summed E-state index contributed by atoms with van der Waals surface area (Å²) in [6.07, 6.45) is 5.34. The molecule has 0 aliphatic carbocycles. The first-order valence-corrected chi connectivity index (χ1v) is 12.7. The molecule has 1 saturated heterocycles. The molecule has 4 rings (SSSR count). The van der Waals surface area contributed by atoms with E-state index in [9.17, 15) is 18.0 Å². The average molecular weight is 497 g/mol. The van der Waals surface area contributed by atoms with Crippen LogP contribution >= 0.6 is 0 Å². The van der Waals surface area contributed by atoms with Crippen LogP contribution in [0.4, 0.5) is 11.4 Å². The second-order valence-electron chi connectivity index (χ2n) is 8.37. The molecule has 1 aromatic heterocycles. The highest BCUT2D eigenvalue weighted by Gasteiger charge is 2.27. The molecular formula is C24H28N6O4S. The van der Waals surface area contributed by atoms with Crippen molar-refractivity contribution in [1.29, 1.82) is 0 Å². The number of sulfonamides is 1. The minimum Gasteiger partial charge on any atom is -0.337 e. The van der Waals surface area contributed by atoms with Crippen LogP contribution in [-0.4, -0.2) is 72.2 Å². The van der Waals surface area contributed by atoms with Crippen LogP contribution in [0, 0.1) is 0 Å². The molecule has 1 aliphatic rings. The highest BCUT2D eigenvalue weighted by molar-refractivity contribution is 7.89. The topological polar surface area (TPSA) is 117 Å². The molecule has 35 heavy (non-hydrogen) atoms. The van der Waals surface area contributed by atoms with E-state index in [1.807, 2.05) is 11.6 Å². The van der Waals surface area contributed by atoms with Crippen molar-refractivity contribution in [3.63, 3.8) is 0 Å². The van der Waals surface area contributed by atoms with Gasteiger partial charge in [0.1, 0.15) is 0 Å². The number of aromatic nitrogens is 2. The van der Waals surface area contributed by atoms with E-state index in [0.717, 1.165) is 0 Å². The number of aryl methyl sites for hydroxylation is 1. The normalized spacial score (nSPS) is 15.0. The summed E-state index contributed by atoms with van der Waals surface area (Å²) in [4.78, 5) is 31.2. The monoisotopic (exact) mass is 496 g/mol. The molecule has 10 nitrogen and oxygen atoms in total. The van der Waals surface area contributed by atoms with Crippen molar-refractivity contribution in [3.05, 3.63) is 72.8 Å². The molecule has 1 aliphatic heterocycles. The highest BCUT2D eigenvalue weighted by atomic mass is 32.2. The van der Waals surface area contributed by atoms with E-state index in [1.54, 1.807) is 55.1 Å². The Hall–Kier alpha value is -3.54. The third-order valence-electron chi connectivity index (χ3n) is 5.76. The number of nitrogens with zero attached hydrogens (tertiary/aromatic N) is 4. The molecule has 0 spiro atoms. The lowest BCUT2D eigenvalue weighted by Gasteiger charge is -2.31. The molecule has 0 bridgehead atoms. The first-order chi connectivity index (χ1) is 16.8. The van der Waals surface area contributed by atoms with Crippen LogP contribution in [0.3, 0.4) is 0 Å². The van der Waals surface area contributed by atoms with Crippen molar-refractivity contribution in [3.8, 4) is 0 Å². The van der Waals surface area contributed by atoms with Crippen molar-refractivity contribution in [2.75, 3.05) is 43.9 Å². The third-order valence-corrected chi connectivity index (χ3v) is 7.65. The van der Waals surface area contributed by atoms with Gasteiger partial charge < -0.3 is 20.1 Å². The molecule has 2 N–H and O–H groups in total. The summed E-state index contributed by atoms with van der Waals surface area (Å²) in [5.74, 6) is -0.591. The summed E-state index contributed by atoms with van der Waals surface area (Å²) in [7, 11) is -1.69. The number of carbonyl (C=O) groups excluding carboxylic acids is 2. The first kappa shape index (κ1) is 24.6. The number of benzene rings is 2. The zero-order chi connectivity index (χ0) is 24.8. The number of rotatable bonds is 8. The van der Waals surface area contributed by atoms with Crippen LogP contribution in [0.2, 0.25) is 0 Å². The van der Waals surface area contributed by atoms with Gasteiger partial charge in [0, 0.05) is 68.5 Å². The number of likely N-dealkylation sites (N-methyl/N-ethyl adjacent to an activating group) is 1. The van der Waals surface area contributed by atoms with Crippen LogP contribution in [0.15, 0.2) is 72.1 Å². The van der Waals surface area contributed by atoms with Crippen LogP contribution < -0.4 is 10.6 Å². The molecule has 2 aromatic carbocycles. The fourth-order valence-electron chi connectivity index (χ4n) is 3.73. The molecule has 0 atom stereocenters. The first-order valence-electron chi connectivity index (χ1n) is 11.3. The van der Waals surface area contributed by atoms with Gasteiger partial charge in [0.25, 0.3) is 5.91 Å². The second kappa shape index (κ2) is 10.8. The van der Waals surface area contributed by atoms with E-state index < -0.39 is 15.9 Å². The molecule has 1 fully saturated rings. The average Bonchev–Trinajstić information content (AvgIpc) is 3.37. The van der Waals surface area contributed by atoms with Gasteiger partial charge in [-0.3, -0.25) is 9.59 Å². The van der Waals surface area contributed by atoms with Gasteiger partial charge in [-0.2, -0.15) is 4.31 Å². The number of anilines is 2. The van der Waals surface area contributed by atoms with Gasteiger partial charge in [0.15, 0.2) is 0 Å². The minimum absolute atomic E-state index is 0.138. The maximum Gasteiger partial charge on any atom is 0.255 e. The van der Waals surface area contributed by atoms with Crippen LogP contribution in [0.5, 0.6) is 0 Å². The highest BCUT2D eigenvalue weighted by Crippen LogP contribution is 2.22. The zero-order valence-corrected chi connectivity index (χ0v) is 20.2. The van der Waals surface area contributed by atoms with Gasteiger partial charge in [-0.15, -0.1) is 0 Å². The van der Waals surface area contributed by atoms with Crippen LogP contribution in [0.1, 0.15) is 16.8 Å². The standard InChI is InChI=1S/C24H28N6O4S/c1-28-12-14-30(15-13-28)35(33,34)22-7-3-6-21(17-22)27-24(32)19-4-2-5-20(16-19)26-23(31)8-10-29-11-9-25-18-29/h2-7,9,11,16-18H,8,10,12-15H2,1H3,(H,26,31)(H,27,32). The summed E-state index contributed by atoms with van der Waals surface area (Å²) in [5, 5.41) is 5.54. The smallest absolute Gasteiger partial charge is 0.255 e. The van der Waals surface area contributed by atoms with Crippen molar-refractivity contribution >= 4 is 33.2 Å². The van der Waals surface area contributed by atoms with Gasteiger partial charge in [0.2, 0.25) is 15.9 Å². The Morgan fingerprint density at radius 1 is 0.971 bits per heavy atom. The largest absolute Gasteiger partial charge is 0.337 e. The molecule has 2 heterocycles. The molecule has 11 heteroatoms. The summed E-state index contributed by atoms with van der Waals surface area (Å²) >= 11 is 0. The number of carbonyl (C=O) groups is 2. The lowest BCUT2D eigenvalue weighted by molar-refractivity contribution is -0.116. The molecule has 2 amide bonds. The Morgan fingerprint density at radius 2 is 1.69 bits per heavy atom. The molecule has 0 radical (unpaired) electrons. The molecule has 0 saturated carbocycles. The Labute approximate surface area is 204 Å². The quantitative estimate of drug-likeness (QED) is 0.493. The Morgan fingerprint density at radius 3 is 2.40 bits per heavy atom. The lowest BCUT2D eigenvalue weighted by atomic mass is 10.1. The van der Waals surface area contributed by atoms with Gasteiger partial charge in [-0.05, 0) is 43.4 Å². The van der Waals surface area contributed by atoms with Crippen LogP contribution in [0.25, 0.3) is 0 Å². The Kier molecular flexibility index (Phi) is 7.59. The van der Waals surface area contributed by atoms with E-state index in [1.165, 1.54) is 16.4 Å².